The van der Waals surface area contributed by atoms with E-state index in [-0.39, 0.29) is 5.91 Å². The summed E-state index contributed by atoms with van der Waals surface area (Å²) in [5.41, 5.74) is 5.57. The van der Waals surface area contributed by atoms with Gasteiger partial charge >= 0.3 is 0 Å². The van der Waals surface area contributed by atoms with Crippen molar-refractivity contribution in [2.24, 2.45) is 4.99 Å². The number of nitrogens with one attached hydrogen (secondary N) is 1. The van der Waals surface area contributed by atoms with Gasteiger partial charge in [-0.25, -0.2) is 0 Å². The van der Waals surface area contributed by atoms with Crippen LogP contribution in [0.4, 0.5) is 5.69 Å². The first kappa shape index (κ1) is 20.6. The van der Waals surface area contributed by atoms with E-state index in [2.05, 4.69) is 35.7 Å². The quantitative estimate of drug-likeness (QED) is 0.533. The summed E-state index contributed by atoms with van der Waals surface area (Å²) in [5.74, 6) is 0.571. The Bertz CT molecular complexity index is 1100. The summed E-state index contributed by atoms with van der Waals surface area (Å²) < 4.78 is 5.16. The lowest BCUT2D eigenvalue weighted by molar-refractivity contribution is 0.102. The predicted molar refractivity (Wildman–Crippen MR) is 127 cm³/mol. The summed E-state index contributed by atoms with van der Waals surface area (Å²) in [5, 5.41) is 2.99. The van der Waals surface area contributed by atoms with Crippen LogP contribution in [0.5, 0.6) is 5.75 Å². The van der Waals surface area contributed by atoms with Crippen LogP contribution in [0.15, 0.2) is 89.9 Å². The standard InChI is InChI=1S/C27H26N2O2/c1-31-24-17-15-21(16-18-24)27(30)28-23-12-8-11-22(19-23)26-14-7-3-6-13-25(29-26)20-9-4-2-5-10-20/h2,4-5,8-12,14-19H,3,6-7,13H2,1H3,(H,28,30)/b26-14-,29-25?. The van der Waals surface area contributed by atoms with E-state index < -0.39 is 0 Å². The van der Waals surface area contributed by atoms with Crippen molar-refractivity contribution in [2.75, 3.05) is 12.4 Å². The Balaban J connectivity index is 1.58. The molecule has 4 heteroatoms. The smallest absolute Gasteiger partial charge is 0.255 e. The maximum absolute atomic E-state index is 12.6. The van der Waals surface area contributed by atoms with Gasteiger partial charge in [-0.1, -0.05) is 48.5 Å². The van der Waals surface area contributed by atoms with Crippen LogP contribution in [-0.2, 0) is 0 Å². The molecule has 1 aliphatic rings. The Kier molecular flexibility index (Phi) is 6.58. The highest BCUT2D eigenvalue weighted by Crippen LogP contribution is 2.25. The van der Waals surface area contributed by atoms with Crippen LogP contribution in [0.2, 0.25) is 0 Å². The molecule has 31 heavy (non-hydrogen) atoms. The van der Waals surface area contributed by atoms with Crippen molar-refractivity contribution in [1.29, 1.82) is 0 Å². The Morgan fingerprint density at radius 2 is 1.68 bits per heavy atom. The van der Waals surface area contributed by atoms with Crippen molar-refractivity contribution >= 4 is 23.0 Å². The normalized spacial score (nSPS) is 15.6. The molecule has 0 saturated carbocycles. The molecule has 4 rings (SSSR count). The van der Waals surface area contributed by atoms with E-state index in [0.717, 1.165) is 54.1 Å². The highest BCUT2D eigenvalue weighted by Gasteiger charge is 2.11. The van der Waals surface area contributed by atoms with Crippen molar-refractivity contribution in [3.63, 3.8) is 0 Å². The molecule has 1 aliphatic heterocycles. The monoisotopic (exact) mass is 410 g/mol. The third kappa shape index (κ3) is 5.28. The summed E-state index contributed by atoms with van der Waals surface area (Å²) in [4.78, 5) is 17.7. The van der Waals surface area contributed by atoms with Gasteiger partial charge in [-0.2, -0.15) is 0 Å². The van der Waals surface area contributed by atoms with Crippen LogP contribution in [0.3, 0.4) is 0 Å². The fourth-order valence-electron chi connectivity index (χ4n) is 3.65. The van der Waals surface area contributed by atoms with E-state index >= 15 is 0 Å². The molecule has 156 valence electrons. The molecular formula is C27H26N2O2. The first-order valence-corrected chi connectivity index (χ1v) is 10.6. The molecule has 0 unspecified atom stereocenters. The number of nitrogens with zero attached hydrogens (tertiary/aromatic N) is 1. The highest BCUT2D eigenvalue weighted by atomic mass is 16.5. The van der Waals surface area contributed by atoms with Gasteiger partial charge in [0.25, 0.3) is 5.91 Å². The second kappa shape index (κ2) is 9.90. The molecule has 0 atom stereocenters. The van der Waals surface area contributed by atoms with E-state index in [1.54, 1.807) is 31.4 Å². The number of methoxy groups -OCH3 is 1. The number of anilines is 1. The highest BCUT2D eigenvalue weighted by molar-refractivity contribution is 6.05. The summed E-state index contributed by atoms with van der Waals surface area (Å²) in [6.07, 6.45) is 6.45. The minimum atomic E-state index is -0.153. The summed E-state index contributed by atoms with van der Waals surface area (Å²) in [6, 6.07) is 25.3. The van der Waals surface area contributed by atoms with Crippen molar-refractivity contribution in [3.8, 4) is 5.75 Å². The fraction of sp³-hybridized carbons (Fsp3) is 0.185. The Labute approximate surface area is 183 Å². The molecule has 1 N–H and O–H groups in total. The van der Waals surface area contributed by atoms with Crippen LogP contribution < -0.4 is 10.1 Å². The molecule has 3 aromatic carbocycles. The molecule has 4 nitrogen and oxygen atoms in total. The number of hydrogen-bond donors (Lipinski definition) is 1. The Hall–Kier alpha value is -3.66. The lowest BCUT2D eigenvalue weighted by Crippen LogP contribution is -2.11. The van der Waals surface area contributed by atoms with Crippen molar-refractivity contribution in [1.82, 2.24) is 0 Å². The number of allylic oxidation sites excluding steroid dienone is 1. The van der Waals surface area contributed by atoms with E-state index in [9.17, 15) is 4.79 Å². The van der Waals surface area contributed by atoms with E-state index in [1.165, 1.54) is 5.56 Å². The second-order valence-corrected chi connectivity index (χ2v) is 7.52. The SMILES string of the molecule is COc1ccc(C(=O)Nc2cccc(/C3=C/CCCCC(c4ccccc4)=N3)c2)cc1. The minimum absolute atomic E-state index is 0.153. The maximum atomic E-state index is 12.6. The Morgan fingerprint density at radius 1 is 0.903 bits per heavy atom. The molecule has 0 radical (unpaired) electrons. The first-order valence-electron chi connectivity index (χ1n) is 10.6. The first-order chi connectivity index (χ1) is 15.2. The zero-order chi connectivity index (χ0) is 21.5. The molecule has 0 aromatic heterocycles. The molecule has 1 heterocycles. The average Bonchev–Trinajstić information content (AvgIpc) is 2.80. The van der Waals surface area contributed by atoms with Crippen LogP contribution in [0.25, 0.3) is 5.70 Å². The van der Waals surface area contributed by atoms with Gasteiger partial charge in [-0.05, 0) is 67.6 Å². The lowest BCUT2D eigenvalue weighted by atomic mass is 10.0. The van der Waals surface area contributed by atoms with Gasteiger partial charge < -0.3 is 10.1 Å². The molecule has 0 fully saturated rings. The van der Waals surface area contributed by atoms with Crippen molar-refractivity contribution < 1.29 is 9.53 Å². The van der Waals surface area contributed by atoms with Crippen LogP contribution in [-0.4, -0.2) is 18.7 Å². The fourth-order valence-corrected chi connectivity index (χ4v) is 3.65. The van der Waals surface area contributed by atoms with Gasteiger partial charge in [0.2, 0.25) is 0 Å². The largest absolute Gasteiger partial charge is 0.497 e. The molecule has 1 amide bonds. The van der Waals surface area contributed by atoms with E-state index in [4.69, 9.17) is 9.73 Å². The van der Waals surface area contributed by atoms with Gasteiger partial charge in [0.1, 0.15) is 5.75 Å². The van der Waals surface area contributed by atoms with E-state index in [1.807, 2.05) is 30.3 Å². The Morgan fingerprint density at radius 3 is 2.45 bits per heavy atom. The molecule has 0 spiro atoms. The molecule has 0 bridgehead atoms. The lowest BCUT2D eigenvalue weighted by Gasteiger charge is -2.14. The molecule has 3 aromatic rings. The number of carbonyl (C=O) groups excluding carboxylic acids is 1. The second-order valence-electron chi connectivity index (χ2n) is 7.52. The number of aliphatic imine (C=N–C) groups is 1. The van der Waals surface area contributed by atoms with Crippen molar-refractivity contribution in [3.05, 3.63) is 102 Å². The third-order valence-electron chi connectivity index (χ3n) is 5.34. The third-order valence-corrected chi connectivity index (χ3v) is 5.34. The van der Waals surface area contributed by atoms with Gasteiger partial charge in [0.15, 0.2) is 0 Å². The minimum Gasteiger partial charge on any atom is -0.497 e. The number of ether oxygens (including phenoxy) is 1. The summed E-state index contributed by atoms with van der Waals surface area (Å²) in [7, 11) is 1.61. The van der Waals surface area contributed by atoms with Gasteiger partial charge in [0.05, 0.1) is 12.8 Å². The van der Waals surface area contributed by atoms with Gasteiger partial charge in [-0.3, -0.25) is 9.79 Å². The number of benzene rings is 3. The molecular weight excluding hydrogens is 384 g/mol. The summed E-state index contributed by atoms with van der Waals surface area (Å²) >= 11 is 0. The summed E-state index contributed by atoms with van der Waals surface area (Å²) in [6.45, 7) is 0. The topological polar surface area (TPSA) is 50.7 Å². The van der Waals surface area contributed by atoms with Gasteiger partial charge in [0, 0.05) is 22.5 Å². The average molecular weight is 411 g/mol. The van der Waals surface area contributed by atoms with Crippen LogP contribution in [0, 0.1) is 0 Å². The maximum Gasteiger partial charge on any atom is 0.255 e. The number of amides is 1. The molecule has 0 aliphatic carbocycles. The van der Waals surface area contributed by atoms with Crippen molar-refractivity contribution in [2.45, 2.75) is 25.7 Å². The number of hydrogen-bond acceptors (Lipinski definition) is 3. The van der Waals surface area contributed by atoms with Gasteiger partial charge in [-0.15, -0.1) is 0 Å². The van der Waals surface area contributed by atoms with E-state index in [0.29, 0.717) is 5.56 Å². The van der Waals surface area contributed by atoms with Crippen LogP contribution >= 0.6 is 0 Å². The number of carbonyl (C=O) groups is 1. The molecule has 0 saturated heterocycles. The zero-order valence-corrected chi connectivity index (χ0v) is 17.7. The number of rotatable bonds is 5. The van der Waals surface area contributed by atoms with Crippen LogP contribution in [0.1, 0.15) is 47.2 Å². The zero-order valence-electron chi connectivity index (χ0n) is 17.7. The predicted octanol–water partition coefficient (Wildman–Crippen LogP) is 6.35.